The molecule has 1 aromatic heterocycles. The number of aryl methyl sites for hydroxylation is 1. The fraction of sp³-hybridized carbons (Fsp3) is 0.0667. The highest BCUT2D eigenvalue weighted by atomic mass is 19.1. The Balaban J connectivity index is 1.51. The number of carbonyl (C=O) groups is 2. The Bertz CT molecular complexity index is 1570. The van der Waals surface area contributed by atoms with E-state index in [2.05, 4.69) is 16.7 Å². The molecule has 0 aliphatic carbocycles. The third kappa shape index (κ3) is 4.88. The zero-order valence-electron chi connectivity index (χ0n) is 19.7. The third-order valence-electron chi connectivity index (χ3n) is 5.97. The lowest BCUT2D eigenvalue weighted by Gasteiger charge is -2.12. The van der Waals surface area contributed by atoms with Crippen molar-refractivity contribution < 1.29 is 14.0 Å². The van der Waals surface area contributed by atoms with Crippen molar-refractivity contribution in [2.75, 3.05) is 10.6 Å². The Hall–Kier alpha value is -4.71. The fourth-order valence-electron chi connectivity index (χ4n) is 4.26. The molecule has 5 nitrogen and oxygen atoms in total. The molecule has 0 aliphatic heterocycles. The normalized spacial score (nSPS) is 10.8. The van der Waals surface area contributed by atoms with Gasteiger partial charge in [0.25, 0.3) is 11.8 Å². The van der Waals surface area contributed by atoms with Crippen LogP contribution in [0.2, 0.25) is 0 Å². The fourth-order valence-corrected chi connectivity index (χ4v) is 4.26. The number of anilines is 2. The minimum Gasteiger partial charge on any atom is -0.332 e. The van der Waals surface area contributed by atoms with Crippen molar-refractivity contribution in [2.24, 2.45) is 0 Å². The van der Waals surface area contributed by atoms with Gasteiger partial charge in [0.1, 0.15) is 11.5 Å². The molecular formula is C30H24FN3O2. The highest BCUT2D eigenvalue weighted by molar-refractivity contribution is 6.08. The first-order valence-corrected chi connectivity index (χ1v) is 11.6. The maximum absolute atomic E-state index is 14.0. The summed E-state index contributed by atoms with van der Waals surface area (Å²) in [6, 6.07) is 30.5. The molecule has 2 N–H and O–H groups in total. The summed E-state index contributed by atoms with van der Waals surface area (Å²) in [5, 5.41) is 6.50. The first-order chi connectivity index (χ1) is 17.5. The molecule has 6 heteroatoms. The number of fused-ring (bicyclic) bond motifs is 1. The van der Waals surface area contributed by atoms with Gasteiger partial charge in [0.05, 0.1) is 5.56 Å². The number of nitrogens with one attached hydrogen (secondary N) is 2. The molecule has 0 saturated heterocycles. The minimum absolute atomic E-state index is 0.0301. The van der Waals surface area contributed by atoms with Crippen LogP contribution in [0.1, 0.15) is 32.0 Å². The summed E-state index contributed by atoms with van der Waals surface area (Å²) < 4.78 is 16.0. The summed E-state index contributed by atoms with van der Waals surface area (Å²) in [6.07, 6.45) is 0. The lowest BCUT2D eigenvalue weighted by Crippen LogP contribution is -2.17. The Morgan fingerprint density at radius 1 is 0.750 bits per heavy atom. The zero-order valence-corrected chi connectivity index (χ0v) is 19.7. The molecule has 5 rings (SSSR count). The van der Waals surface area contributed by atoms with E-state index in [0.29, 0.717) is 23.6 Å². The zero-order chi connectivity index (χ0) is 25.1. The number of nitrogens with zero attached hydrogens (tertiary/aromatic N) is 1. The second kappa shape index (κ2) is 9.88. The van der Waals surface area contributed by atoms with Gasteiger partial charge in [-0.25, -0.2) is 4.39 Å². The van der Waals surface area contributed by atoms with Gasteiger partial charge >= 0.3 is 0 Å². The van der Waals surface area contributed by atoms with Crippen LogP contribution in [0.15, 0.2) is 103 Å². The monoisotopic (exact) mass is 477 g/mol. The number of aromatic nitrogens is 1. The van der Waals surface area contributed by atoms with Crippen LogP contribution in [0.25, 0.3) is 10.9 Å². The molecule has 0 fully saturated rings. The van der Waals surface area contributed by atoms with E-state index >= 15 is 0 Å². The molecular weight excluding hydrogens is 453 g/mol. The van der Waals surface area contributed by atoms with Crippen LogP contribution < -0.4 is 10.6 Å². The van der Waals surface area contributed by atoms with E-state index in [0.717, 1.165) is 22.0 Å². The molecule has 0 radical (unpaired) electrons. The van der Waals surface area contributed by atoms with E-state index in [9.17, 15) is 14.0 Å². The lowest BCUT2D eigenvalue weighted by molar-refractivity contribution is 0.101. The molecule has 0 spiro atoms. The predicted molar refractivity (Wildman–Crippen MR) is 141 cm³/mol. The van der Waals surface area contributed by atoms with E-state index in [-0.39, 0.29) is 11.5 Å². The van der Waals surface area contributed by atoms with E-state index in [1.165, 1.54) is 18.2 Å². The first kappa shape index (κ1) is 23.1. The van der Waals surface area contributed by atoms with E-state index < -0.39 is 11.7 Å². The van der Waals surface area contributed by atoms with Crippen molar-refractivity contribution in [1.82, 2.24) is 4.57 Å². The molecule has 36 heavy (non-hydrogen) atoms. The SMILES string of the molecule is Cc1cccc(Cn2c(C(=O)Nc3ccccc3)cc3cc(NC(=O)c4ccccc4F)ccc32)c1. The molecule has 0 atom stereocenters. The molecule has 0 saturated carbocycles. The van der Waals surface area contributed by atoms with Crippen molar-refractivity contribution in [3.8, 4) is 0 Å². The van der Waals surface area contributed by atoms with Crippen LogP contribution in [-0.4, -0.2) is 16.4 Å². The van der Waals surface area contributed by atoms with Gasteiger partial charge < -0.3 is 15.2 Å². The number of para-hydroxylation sites is 1. The molecule has 5 aromatic rings. The van der Waals surface area contributed by atoms with Crippen LogP contribution in [0.3, 0.4) is 0 Å². The Morgan fingerprint density at radius 3 is 2.28 bits per heavy atom. The summed E-state index contributed by atoms with van der Waals surface area (Å²) in [4.78, 5) is 25.9. The number of hydrogen-bond donors (Lipinski definition) is 2. The second-order valence-electron chi connectivity index (χ2n) is 8.63. The highest BCUT2D eigenvalue weighted by Gasteiger charge is 2.18. The van der Waals surface area contributed by atoms with Gasteiger partial charge in [-0.1, -0.05) is 60.2 Å². The van der Waals surface area contributed by atoms with Gasteiger partial charge in [0, 0.05) is 28.8 Å². The van der Waals surface area contributed by atoms with Crippen LogP contribution in [0.5, 0.6) is 0 Å². The van der Waals surface area contributed by atoms with Crippen LogP contribution in [0.4, 0.5) is 15.8 Å². The quantitative estimate of drug-likeness (QED) is 0.288. The molecule has 0 bridgehead atoms. The lowest BCUT2D eigenvalue weighted by atomic mass is 10.1. The van der Waals surface area contributed by atoms with E-state index in [4.69, 9.17) is 0 Å². The number of rotatable bonds is 6. The van der Waals surface area contributed by atoms with Gasteiger partial charge in [-0.3, -0.25) is 9.59 Å². The highest BCUT2D eigenvalue weighted by Crippen LogP contribution is 2.26. The molecule has 0 unspecified atom stereocenters. The van der Waals surface area contributed by atoms with Crippen molar-refractivity contribution in [1.29, 1.82) is 0 Å². The largest absolute Gasteiger partial charge is 0.332 e. The Morgan fingerprint density at radius 2 is 1.50 bits per heavy atom. The average molecular weight is 478 g/mol. The number of amides is 2. The topological polar surface area (TPSA) is 63.1 Å². The summed E-state index contributed by atoms with van der Waals surface area (Å²) in [7, 11) is 0. The number of benzene rings is 4. The van der Waals surface area contributed by atoms with Crippen molar-refractivity contribution in [3.63, 3.8) is 0 Å². The van der Waals surface area contributed by atoms with E-state index in [1.54, 1.807) is 18.2 Å². The molecule has 2 amide bonds. The van der Waals surface area contributed by atoms with Crippen LogP contribution in [-0.2, 0) is 6.54 Å². The summed E-state index contributed by atoms with van der Waals surface area (Å²) in [5.41, 5.74) is 4.73. The van der Waals surface area contributed by atoms with E-state index in [1.807, 2.05) is 72.2 Å². The number of hydrogen-bond acceptors (Lipinski definition) is 2. The summed E-state index contributed by atoms with van der Waals surface area (Å²) >= 11 is 0. The number of halogens is 1. The van der Waals surface area contributed by atoms with Gasteiger partial charge in [-0.2, -0.15) is 0 Å². The minimum atomic E-state index is -0.583. The maximum atomic E-state index is 14.0. The molecule has 0 aliphatic rings. The van der Waals surface area contributed by atoms with Gasteiger partial charge in [-0.05, 0) is 61.0 Å². The van der Waals surface area contributed by atoms with Crippen LogP contribution >= 0.6 is 0 Å². The third-order valence-corrected chi connectivity index (χ3v) is 5.97. The predicted octanol–water partition coefficient (Wildman–Crippen LogP) is 6.64. The Labute approximate surface area is 208 Å². The van der Waals surface area contributed by atoms with Gasteiger partial charge in [-0.15, -0.1) is 0 Å². The average Bonchev–Trinajstić information content (AvgIpc) is 3.22. The molecule has 4 aromatic carbocycles. The molecule has 1 heterocycles. The Kier molecular flexibility index (Phi) is 6.33. The van der Waals surface area contributed by atoms with Crippen molar-refractivity contribution in [2.45, 2.75) is 13.5 Å². The standard InChI is InChI=1S/C30H24FN3O2/c1-20-8-7-9-21(16-20)19-34-27-15-14-24(33-29(35)25-12-5-6-13-26(25)31)17-22(27)18-28(34)30(36)32-23-10-3-2-4-11-23/h2-18H,19H2,1H3,(H,32,36)(H,33,35). The van der Waals surface area contributed by atoms with Gasteiger partial charge in [0.2, 0.25) is 0 Å². The summed E-state index contributed by atoms with van der Waals surface area (Å²) in [6.45, 7) is 2.54. The number of carbonyl (C=O) groups excluding carboxylic acids is 2. The molecule has 178 valence electrons. The van der Waals surface area contributed by atoms with Gasteiger partial charge in [0.15, 0.2) is 0 Å². The summed E-state index contributed by atoms with van der Waals surface area (Å²) in [5.74, 6) is -1.35. The smallest absolute Gasteiger partial charge is 0.272 e. The first-order valence-electron chi connectivity index (χ1n) is 11.6. The second-order valence-corrected chi connectivity index (χ2v) is 8.63. The van der Waals surface area contributed by atoms with Crippen molar-refractivity contribution >= 4 is 34.1 Å². The van der Waals surface area contributed by atoms with Crippen LogP contribution in [0, 0.1) is 12.7 Å². The maximum Gasteiger partial charge on any atom is 0.272 e. The van der Waals surface area contributed by atoms with Crippen molar-refractivity contribution in [3.05, 3.63) is 131 Å².